The van der Waals surface area contributed by atoms with Crippen LogP contribution in [0.4, 0.5) is 0 Å². The summed E-state index contributed by atoms with van der Waals surface area (Å²) in [6.45, 7) is 3.53. The van der Waals surface area contributed by atoms with E-state index in [4.69, 9.17) is 0 Å². The summed E-state index contributed by atoms with van der Waals surface area (Å²) in [6, 6.07) is 2.79. The molecule has 0 amide bonds. The normalized spacial score (nSPS) is 9.00. The molecule has 1 radical (unpaired) electrons. The molecule has 0 N–H and O–H groups in total. The molecule has 8 heavy (non-hydrogen) atoms. The molecule has 0 atom stereocenters. The third-order valence-electron chi connectivity index (χ3n) is 0.779. The van der Waals surface area contributed by atoms with Crippen molar-refractivity contribution in [1.82, 2.24) is 5.16 Å². The number of hydrogen-bond acceptors (Lipinski definition) is 2. The molecule has 0 saturated heterocycles. The number of rotatable bonds is 2. The van der Waals surface area contributed by atoms with Gasteiger partial charge in [-0.1, -0.05) is 11.2 Å². The Balaban J connectivity index is 2.62. The van der Waals surface area contributed by atoms with Gasteiger partial charge in [-0.2, -0.15) is 0 Å². The van der Waals surface area contributed by atoms with E-state index in [0.29, 0.717) is 0 Å². The van der Waals surface area contributed by atoms with Gasteiger partial charge >= 0.3 is 0 Å². The summed E-state index contributed by atoms with van der Waals surface area (Å²) in [5.41, 5.74) is 0.806. The lowest BCUT2D eigenvalue weighted by Crippen LogP contribution is -1.76. The van der Waals surface area contributed by atoms with E-state index in [1.807, 2.05) is 0 Å². The summed E-state index contributed by atoms with van der Waals surface area (Å²) in [4.78, 5) is 0. The number of aromatic nitrogens is 1. The van der Waals surface area contributed by atoms with Crippen LogP contribution in [0.1, 0.15) is 5.69 Å². The first-order valence-electron chi connectivity index (χ1n) is 2.35. The van der Waals surface area contributed by atoms with E-state index in [0.717, 1.165) is 12.1 Å². The summed E-state index contributed by atoms with van der Waals surface area (Å²) in [5, 5.41) is 3.60. The van der Waals surface area contributed by atoms with Gasteiger partial charge in [0.05, 0.1) is 11.8 Å². The zero-order valence-electron chi connectivity index (χ0n) is 4.42. The Morgan fingerprint density at radius 1 is 2.00 bits per heavy atom. The summed E-state index contributed by atoms with van der Waals surface area (Å²) in [7, 11) is 0. The maximum Gasteiger partial charge on any atom is 0.132 e. The molecule has 0 aliphatic carbocycles. The zero-order chi connectivity index (χ0) is 5.82. The van der Waals surface area contributed by atoms with Crippen molar-refractivity contribution in [2.24, 2.45) is 0 Å². The summed E-state index contributed by atoms with van der Waals surface area (Å²) in [5.74, 6) is 0. The van der Waals surface area contributed by atoms with Gasteiger partial charge in [0.2, 0.25) is 0 Å². The second kappa shape index (κ2) is 2.31. The Bertz CT molecular complexity index is 155. The van der Waals surface area contributed by atoms with Gasteiger partial charge < -0.3 is 4.52 Å². The lowest BCUT2D eigenvalue weighted by molar-refractivity contribution is 0.413. The molecule has 0 aromatic carbocycles. The van der Waals surface area contributed by atoms with Crippen LogP contribution < -0.4 is 0 Å². The zero-order valence-corrected chi connectivity index (χ0v) is 4.42. The Kier molecular flexibility index (Phi) is 1.47. The van der Waals surface area contributed by atoms with Gasteiger partial charge in [0, 0.05) is 6.42 Å². The molecule has 0 bridgehead atoms. The van der Waals surface area contributed by atoms with Crippen LogP contribution in [0.25, 0.3) is 0 Å². The molecule has 0 unspecified atom stereocenters. The minimum Gasteiger partial charge on any atom is -0.364 e. The fourth-order valence-corrected chi connectivity index (χ4v) is 0.444. The van der Waals surface area contributed by atoms with E-state index >= 15 is 0 Å². The van der Waals surface area contributed by atoms with E-state index in [2.05, 4.69) is 22.3 Å². The van der Waals surface area contributed by atoms with Crippen molar-refractivity contribution in [2.45, 2.75) is 6.42 Å². The first-order valence-corrected chi connectivity index (χ1v) is 2.35. The molecule has 1 heterocycles. The highest BCUT2D eigenvalue weighted by atomic mass is 16.5. The molecule has 0 spiro atoms. The van der Waals surface area contributed by atoms with Crippen molar-refractivity contribution in [3.05, 3.63) is 30.7 Å². The third-order valence-corrected chi connectivity index (χ3v) is 0.779. The predicted molar refractivity (Wildman–Crippen MR) is 29.2 cm³/mol. The highest BCUT2D eigenvalue weighted by Crippen LogP contribution is 1.92. The molecule has 0 saturated carbocycles. The molecule has 1 aromatic rings. The average Bonchev–Trinajstić information content (AvgIpc) is 2.19. The lowest BCUT2D eigenvalue weighted by atomic mass is 10.3. The van der Waals surface area contributed by atoms with Crippen LogP contribution in [0.5, 0.6) is 0 Å². The highest BCUT2D eigenvalue weighted by Gasteiger charge is 1.89. The van der Waals surface area contributed by atoms with Crippen LogP contribution in [-0.2, 0) is 6.42 Å². The molecule has 1 rings (SSSR count). The van der Waals surface area contributed by atoms with Crippen LogP contribution in [0.15, 0.2) is 23.4 Å². The maximum atomic E-state index is 4.51. The molecule has 0 aliphatic heterocycles. The fraction of sp³-hybridized carbons (Fsp3) is 0.167. The number of allylic oxidation sites excluding steroid dienone is 1. The summed E-state index contributed by atoms with van der Waals surface area (Å²) in [6.07, 6.45) is 3.92. The highest BCUT2D eigenvalue weighted by molar-refractivity contribution is 4.97. The minimum absolute atomic E-state index is 0.733. The second-order valence-electron chi connectivity index (χ2n) is 1.40. The van der Waals surface area contributed by atoms with E-state index in [1.165, 1.54) is 6.26 Å². The molecule has 41 valence electrons. The quantitative estimate of drug-likeness (QED) is 0.532. The van der Waals surface area contributed by atoms with E-state index < -0.39 is 0 Å². The molecular formula is C6H6NO. The van der Waals surface area contributed by atoms with Gasteiger partial charge in [0.1, 0.15) is 6.26 Å². The maximum absolute atomic E-state index is 4.51. The lowest BCUT2D eigenvalue weighted by Gasteiger charge is -1.77. The van der Waals surface area contributed by atoms with Gasteiger partial charge in [0.25, 0.3) is 0 Å². The second-order valence-corrected chi connectivity index (χ2v) is 1.40. The predicted octanol–water partition coefficient (Wildman–Crippen LogP) is 1.20. The average molecular weight is 108 g/mol. The molecule has 1 aromatic heterocycles. The first-order chi connectivity index (χ1) is 3.93. The molecular weight excluding hydrogens is 102 g/mol. The van der Waals surface area contributed by atoms with Crippen molar-refractivity contribution in [2.75, 3.05) is 0 Å². The number of hydrogen-bond donors (Lipinski definition) is 0. The van der Waals surface area contributed by atoms with Crippen molar-refractivity contribution in [3.63, 3.8) is 0 Å². The van der Waals surface area contributed by atoms with Gasteiger partial charge in [-0.3, -0.25) is 0 Å². The largest absolute Gasteiger partial charge is 0.364 e. The van der Waals surface area contributed by atoms with Crippen molar-refractivity contribution in [3.8, 4) is 0 Å². The Morgan fingerprint density at radius 2 is 2.88 bits per heavy atom. The topological polar surface area (TPSA) is 26.0 Å². The van der Waals surface area contributed by atoms with Crippen molar-refractivity contribution < 1.29 is 4.52 Å². The van der Waals surface area contributed by atoms with Crippen LogP contribution in [-0.4, -0.2) is 5.16 Å². The van der Waals surface area contributed by atoms with Crippen molar-refractivity contribution in [1.29, 1.82) is 0 Å². The first kappa shape index (κ1) is 5.09. The summed E-state index contributed by atoms with van der Waals surface area (Å²) >= 11 is 0. The van der Waals surface area contributed by atoms with Crippen LogP contribution in [0.3, 0.4) is 0 Å². The fourth-order valence-electron chi connectivity index (χ4n) is 0.444. The molecule has 0 fully saturated rings. The SMILES string of the molecule is C=CCc1[c]con1. The van der Waals surface area contributed by atoms with Crippen LogP contribution in [0.2, 0.25) is 0 Å². The smallest absolute Gasteiger partial charge is 0.132 e. The van der Waals surface area contributed by atoms with E-state index in [1.54, 1.807) is 6.08 Å². The molecule has 2 nitrogen and oxygen atoms in total. The van der Waals surface area contributed by atoms with Gasteiger partial charge in [-0.15, -0.1) is 6.58 Å². The number of nitrogens with zero attached hydrogens (tertiary/aromatic N) is 1. The van der Waals surface area contributed by atoms with Crippen LogP contribution >= 0.6 is 0 Å². The molecule has 0 aliphatic rings. The minimum atomic E-state index is 0.733. The standard InChI is InChI=1S/C6H6NO/c1-2-3-6-4-5-8-7-6/h2,5H,1,3H2. The van der Waals surface area contributed by atoms with Gasteiger partial charge in [-0.05, 0) is 0 Å². The summed E-state index contributed by atoms with van der Waals surface area (Å²) < 4.78 is 4.51. The third kappa shape index (κ3) is 0.964. The van der Waals surface area contributed by atoms with E-state index in [-0.39, 0.29) is 0 Å². The van der Waals surface area contributed by atoms with Crippen LogP contribution in [0, 0.1) is 6.07 Å². The molecule has 2 heteroatoms. The van der Waals surface area contributed by atoms with Crippen molar-refractivity contribution >= 4 is 0 Å². The van der Waals surface area contributed by atoms with Gasteiger partial charge in [0.15, 0.2) is 0 Å². The monoisotopic (exact) mass is 108 g/mol. The Morgan fingerprint density at radius 3 is 3.38 bits per heavy atom. The van der Waals surface area contributed by atoms with E-state index in [9.17, 15) is 0 Å². The van der Waals surface area contributed by atoms with Gasteiger partial charge in [-0.25, -0.2) is 0 Å². The Hall–Kier alpha value is -1.05. The Labute approximate surface area is 47.8 Å².